The molecule has 0 saturated heterocycles. The maximum absolute atomic E-state index is 12.9. The minimum atomic E-state index is -0.00763. The fourth-order valence-corrected chi connectivity index (χ4v) is 4.92. The number of ketones is 1. The lowest BCUT2D eigenvalue weighted by Gasteiger charge is -2.35. The summed E-state index contributed by atoms with van der Waals surface area (Å²) in [5.74, 6) is 0.270. The van der Waals surface area contributed by atoms with Crippen molar-refractivity contribution in [2.75, 3.05) is 5.32 Å². The summed E-state index contributed by atoms with van der Waals surface area (Å²) in [5, 5.41) is 4.72. The van der Waals surface area contributed by atoms with E-state index in [9.17, 15) is 4.79 Å². The van der Waals surface area contributed by atoms with Crippen LogP contribution >= 0.6 is 22.6 Å². The van der Waals surface area contributed by atoms with Crippen LogP contribution < -0.4 is 5.32 Å². The van der Waals surface area contributed by atoms with Crippen molar-refractivity contribution in [3.63, 3.8) is 0 Å². The molecule has 5 rings (SSSR count). The molecule has 128 valence electrons. The Kier molecular flexibility index (Phi) is 3.81. The number of hydrogen-bond acceptors (Lipinski definition) is 3. The van der Waals surface area contributed by atoms with Gasteiger partial charge in [0, 0.05) is 38.8 Å². The van der Waals surface area contributed by atoms with Gasteiger partial charge in [0.05, 0.1) is 11.2 Å². The van der Waals surface area contributed by atoms with E-state index in [0.717, 1.165) is 40.7 Å². The molecule has 1 atom stereocenters. The highest BCUT2D eigenvalue weighted by Gasteiger charge is 2.36. The van der Waals surface area contributed by atoms with Crippen LogP contribution in [-0.2, 0) is 4.79 Å². The van der Waals surface area contributed by atoms with Crippen molar-refractivity contribution >= 4 is 45.0 Å². The Hall–Kier alpha value is -2.21. The van der Waals surface area contributed by atoms with Gasteiger partial charge in [-0.2, -0.15) is 0 Å². The molecule has 1 aliphatic heterocycles. The van der Waals surface area contributed by atoms with Crippen LogP contribution in [0, 0.1) is 3.57 Å². The maximum Gasteiger partial charge on any atom is 0.161 e. The predicted octanol–water partition coefficient (Wildman–Crippen LogP) is 5.40. The summed E-state index contributed by atoms with van der Waals surface area (Å²) in [4.78, 5) is 17.4. The largest absolute Gasteiger partial charge is 0.358 e. The average molecular weight is 452 g/mol. The van der Waals surface area contributed by atoms with E-state index < -0.39 is 0 Å². The fourth-order valence-electron chi connectivity index (χ4n) is 4.22. The second-order valence-corrected chi connectivity index (χ2v) is 8.01. The molecular formula is C22H17IN2O. The van der Waals surface area contributed by atoms with Gasteiger partial charge in [0.1, 0.15) is 0 Å². The predicted molar refractivity (Wildman–Crippen MR) is 112 cm³/mol. The first-order valence-corrected chi connectivity index (χ1v) is 9.97. The summed E-state index contributed by atoms with van der Waals surface area (Å²) in [6.45, 7) is 0. The number of rotatable bonds is 1. The van der Waals surface area contributed by atoms with Gasteiger partial charge in [-0.15, -0.1) is 0 Å². The molecule has 0 bridgehead atoms. The molecule has 1 aliphatic carbocycles. The molecular weight excluding hydrogens is 435 g/mol. The van der Waals surface area contributed by atoms with E-state index in [1.54, 1.807) is 0 Å². The summed E-state index contributed by atoms with van der Waals surface area (Å²) in [5.41, 5.74) is 6.51. The average Bonchev–Trinajstić information content (AvgIpc) is 2.67. The van der Waals surface area contributed by atoms with Crippen molar-refractivity contribution in [3.05, 3.63) is 80.7 Å². The molecule has 0 radical (unpaired) electrons. The standard InChI is InChI=1S/C22H17IN2O/c23-16-7-2-1-5-13(16)20-15-10-11-17-14(6-4-12-24-17)22(15)25-18-8-3-9-19(26)21(18)20/h1-2,4-7,10-12,20,25H,3,8-9H2. The second kappa shape index (κ2) is 6.20. The third-order valence-corrected chi connectivity index (χ3v) is 6.35. The Balaban J connectivity index is 1.83. The van der Waals surface area contributed by atoms with Crippen LogP contribution in [0.15, 0.2) is 66.0 Å². The number of Topliss-reactive ketones (excluding diaryl/α,β-unsaturated/α-hetero) is 1. The van der Waals surface area contributed by atoms with Gasteiger partial charge in [0.25, 0.3) is 0 Å². The topological polar surface area (TPSA) is 42.0 Å². The van der Waals surface area contributed by atoms with Gasteiger partial charge in [-0.1, -0.05) is 24.3 Å². The van der Waals surface area contributed by atoms with Gasteiger partial charge in [-0.05, 0) is 70.8 Å². The zero-order valence-electron chi connectivity index (χ0n) is 14.1. The molecule has 1 aromatic heterocycles. The van der Waals surface area contributed by atoms with Gasteiger partial charge < -0.3 is 5.32 Å². The van der Waals surface area contributed by atoms with Crippen LogP contribution in [0.25, 0.3) is 10.9 Å². The number of carbonyl (C=O) groups excluding carboxylic acids is 1. The maximum atomic E-state index is 12.9. The number of hydrogen-bond donors (Lipinski definition) is 1. The normalized spacial score (nSPS) is 19.1. The second-order valence-electron chi connectivity index (χ2n) is 6.85. The highest BCUT2D eigenvalue weighted by atomic mass is 127. The molecule has 4 heteroatoms. The number of aromatic nitrogens is 1. The lowest BCUT2D eigenvalue weighted by molar-refractivity contribution is -0.116. The minimum Gasteiger partial charge on any atom is -0.358 e. The number of anilines is 1. The summed E-state index contributed by atoms with van der Waals surface area (Å²) in [6.07, 6.45) is 4.31. The molecule has 2 heterocycles. The highest BCUT2D eigenvalue weighted by molar-refractivity contribution is 14.1. The number of allylic oxidation sites excluding steroid dienone is 2. The highest BCUT2D eigenvalue weighted by Crippen LogP contribution is 2.48. The zero-order valence-corrected chi connectivity index (χ0v) is 16.3. The molecule has 3 nitrogen and oxygen atoms in total. The Morgan fingerprint density at radius 1 is 1.00 bits per heavy atom. The quantitative estimate of drug-likeness (QED) is 0.503. The minimum absolute atomic E-state index is 0.00763. The Bertz CT molecular complexity index is 1090. The molecule has 0 spiro atoms. The van der Waals surface area contributed by atoms with Gasteiger partial charge in [-0.25, -0.2) is 0 Å². The first-order chi connectivity index (χ1) is 12.7. The van der Waals surface area contributed by atoms with Crippen molar-refractivity contribution in [2.24, 2.45) is 0 Å². The van der Waals surface area contributed by atoms with Gasteiger partial charge in [0.15, 0.2) is 5.78 Å². The molecule has 0 fully saturated rings. The van der Waals surface area contributed by atoms with Crippen molar-refractivity contribution in [3.8, 4) is 0 Å². The smallest absolute Gasteiger partial charge is 0.161 e. The van der Waals surface area contributed by atoms with E-state index in [4.69, 9.17) is 0 Å². The van der Waals surface area contributed by atoms with E-state index >= 15 is 0 Å². The van der Waals surface area contributed by atoms with E-state index in [1.807, 2.05) is 12.3 Å². The number of nitrogens with one attached hydrogen (secondary N) is 1. The van der Waals surface area contributed by atoms with Crippen LogP contribution in [0.5, 0.6) is 0 Å². The number of carbonyl (C=O) groups is 1. The van der Waals surface area contributed by atoms with Crippen LogP contribution in [0.4, 0.5) is 5.69 Å². The van der Waals surface area contributed by atoms with Gasteiger partial charge in [0.2, 0.25) is 0 Å². The van der Waals surface area contributed by atoms with Crippen molar-refractivity contribution in [2.45, 2.75) is 25.2 Å². The summed E-state index contributed by atoms with van der Waals surface area (Å²) in [6, 6.07) is 16.7. The lowest BCUT2D eigenvalue weighted by atomic mass is 9.75. The molecule has 2 aromatic carbocycles. The zero-order chi connectivity index (χ0) is 17.7. The molecule has 2 aliphatic rings. The van der Waals surface area contributed by atoms with Crippen LogP contribution in [-0.4, -0.2) is 10.8 Å². The Labute approximate surface area is 165 Å². The van der Waals surface area contributed by atoms with Crippen molar-refractivity contribution in [1.29, 1.82) is 0 Å². The molecule has 26 heavy (non-hydrogen) atoms. The Morgan fingerprint density at radius 3 is 2.77 bits per heavy atom. The van der Waals surface area contributed by atoms with Crippen molar-refractivity contribution < 1.29 is 4.79 Å². The van der Waals surface area contributed by atoms with Crippen molar-refractivity contribution in [1.82, 2.24) is 4.98 Å². The van der Waals surface area contributed by atoms with E-state index in [0.29, 0.717) is 6.42 Å². The molecule has 0 amide bonds. The van der Waals surface area contributed by atoms with Gasteiger partial charge >= 0.3 is 0 Å². The lowest BCUT2D eigenvalue weighted by Crippen LogP contribution is -2.27. The van der Waals surface area contributed by atoms with E-state index in [2.05, 4.69) is 75.4 Å². The first kappa shape index (κ1) is 16.0. The third kappa shape index (κ3) is 2.39. The van der Waals surface area contributed by atoms with E-state index in [-0.39, 0.29) is 11.7 Å². The monoisotopic (exact) mass is 452 g/mol. The number of fused-ring (bicyclic) bond motifs is 3. The number of benzene rings is 2. The molecule has 3 aromatic rings. The summed E-state index contributed by atoms with van der Waals surface area (Å²) < 4.78 is 1.19. The van der Waals surface area contributed by atoms with Crippen LogP contribution in [0.2, 0.25) is 0 Å². The fraction of sp³-hybridized carbons (Fsp3) is 0.182. The number of halogens is 1. The summed E-state index contributed by atoms with van der Waals surface area (Å²) >= 11 is 2.38. The van der Waals surface area contributed by atoms with Crippen LogP contribution in [0.1, 0.15) is 36.3 Å². The SMILES string of the molecule is O=C1CCCC2=C1C(c1ccccc1I)c1ccc3ncccc3c1N2. The third-order valence-electron chi connectivity index (χ3n) is 5.37. The molecule has 1 unspecified atom stereocenters. The van der Waals surface area contributed by atoms with E-state index in [1.165, 1.54) is 14.7 Å². The molecule has 1 N–H and O–H groups in total. The van der Waals surface area contributed by atoms with Gasteiger partial charge in [-0.3, -0.25) is 9.78 Å². The first-order valence-electron chi connectivity index (χ1n) is 8.89. The number of nitrogens with zero attached hydrogens (tertiary/aromatic N) is 1. The summed E-state index contributed by atoms with van der Waals surface area (Å²) in [7, 11) is 0. The van der Waals surface area contributed by atoms with Crippen LogP contribution in [0.3, 0.4) is 0 Å². The molecule has 0 saturated carbocycles. The number of pyridine rings is 1. The Morgan fingerprint density at radius 2 is 1.88 bits per heavy atom.